The lowest BCUT2D eigenvalue weighted by Crippen LogP contribution is -2.35. The van der Waals surface area contributed by atoms with Gasteiger partial charge < -0.3 is 5.11 Å². The van der Waals surface area contributed by atoms with Crippen LogP contribution in [0.2, 0.25) is 0 Å². The molecule has 76 valence electrons. The van der Waals surface area contributed by atoms with Crippen LogP contribution in [0.4, 0.5) is 0 Å². The van der Waals surface area contributed by atoms with Gasteiger partial charge >= 0.3 is 0 Å². The van der Waals surface area contributed by atoms with Crippen LogP contribution in [0.5, 0.6) is 0 Å². The van der Waals surface area contributed by atoms with Crippen molar-refractivity contribution in [1.29, 1.82) is 0 Å². The highest BCUT2D eigenvalue weighted by Crippen LogP contribution is 2.41. The molecule has 0 bridgehead atoms. The van der Waals surface area contributed by atoms with E-state index in [1.165, 1.54) is 44.9 Å². The van der Waals surface area contributed by atoms with Crippen LogP contribution in [0.3, 0.4) is 0 Å². The van der Waals surface area contributed by atoms with Gasteiger partial charge in [-0.15, -0.1) is 0 Å². The SMILES string of the molecule is C[C@@H]1CCC[C@@H](C2CCCC2)[C@H]1O. The Morgan fingerprint density at radius 1 is 0.923 bits per heavy atom. The fourth-order valence-electron chi connectivity index (χ4n) is 3.34. The molecule has 0 spiro atoms. The highest BCUT2D eigenvalue weighted by Gasteiger charge is 2.35. The summed E-state index contributed by atoms with van der Waals surface area (Å²) in [6, 6.07) is 0. The van der Waals surface area contributed by atoms with Gasteiger partial charge in [-0.05, 0) is 30.6 Å². The van der Waals surface area contributed by atoms with E-state index in [2.05, 4.69) is 6.92 Å². The molecule has 0 radical (unpaired) electrons. The van der Waals surface area contributed by atoms with E-state index in [-0.39, 0.29) is 6.10 Å². The Morgan fingerprint density at radius 3 is 2.31 bits per heavy atom. The highest BCUT2D eigenvalue weighted by atomic mass is 16.3. The van der Waals surface area contributed by atoms with Gasteiger partial charge in [0.15, 0.2) is 0 Å². The lowest BCUT2D eigenvalue weighted by molar-refractivity contribution is -0.00116. The number of rotatable bonds is 1. The summed E-state index contributed by atoms with van der Waals surface area (Å²) >= 11 is 0. The first-order chi connectivity index (χ1) is 6.29. The molecule has 1 nitrogen and oxygen atoms in total. The van der Waals surface area contributed by atoms with Gasteiger partial charge in [0.1, 0.15) is 0 Å². The Hall–Kier alpha value is -0.0400. The standard InChI is InChI=1S/C12H22O/c1-9-5-4-8-11(12(9)13)10-6-2-3-7-10/h9-13H,2-8H2,1H3/t9-,11+,12+/m1/s1. The Labute approximate surface area is 81.5 Å². The fourth-order valence-corrected chi connectivity index (χ4v) is 3.34. The van der Waals surface area contributed by atoms with E-state index < -0.39 is 0 Å². The number of hydrogen-bond donors (Lipinski definition) is 1. The average Bonchev–Trinajstić information content (AvgIpc) is 2.62. The molecule has 1 heteroatoms. The zero-order chi connectivity index (χ0) is 9.26. The van der Waals surface area contributed by atoms with Gasteiger partial charge in [-0.1, -0.05) is 39.0 Å². The molecule has 1 N–H and O–H groups in total. The first-order valence-corrected chi connectivity index (χ1v) is 5.97. The van der Waals surface area contributed by atoms with Crippen molar-refractivity contribution in [2.75, 3.05) is 0 Å². The predicted molar refractivity (Wildman–Crippen MR) is 54.5 cm³/mol. The van der Waals surface area contributed by atoms with E-state index in [1.807, 2.05) is 0 Å². The first-order valence-electron chi connectivity index (χ1n) is 5.97. The molecule has 2 aliphatic rings. The van der Waals surface area contributed by atoms with Crippen molar-refractivity contribution in [2.24, 2.45) is 17.8 Å². The van der Waals surface area contributed by atoms with E-state index in [0.717, 1.165) is 5.92 Å². The van der Waals surface area contributed by atoms with Crippen LogP contribution in [0.1, 0.15) is 51.9 Å². The molecular formula is C12H22O. The maximum absolute atomic E-state index is 10.1. The summed E-state index contributed by atoms with van der Waals surface area (Å²) in [4.78, 5) is 0. The van der Waals surface area contributed by atoms with Crippen LogP contribution in [0.15, 0.2) is 0 Å². The monoisotopic (exact) mass is 182 g/mol. The summed E-state index contributed by atoms with van der Waals surface area (Å²) in [6.45, 7) is 2.21. The molecule has 0 saturated heterocycles. The van der Waals surface area contributed by atoms with Gasteiger partial charge in [0, 0.05) is 0 Å². The molecule has 2 fully saturated rings. The maximum Gasteiger partial charge on any atom is 0.0596 e. The van der Waals surface area contributed by atoms with Crippen LogP contribution in [0.25, 0.3) is 0 Å². The van der Waals surface area contributed by atoms with Crippen LogP contribution >= 0.6 is 0 Å². The van der Waals surface area contributed by atoms with E-state index >= 15 is 0 Å². The summed E-state index contributed by atoms with van der Waals surface area (Å²) in [5, 5.41) is 10.1. The molecule has 2 aliphatic carbocycles. The summed E-state index contributed by atoms with van der Waals surface area (Å²) in [6.07, 6.45) is 9.46. The Balaban J connectivity index is 1.95. The van der Waals surface area contributed by atoms with E-state index in [4.69, 9.17) is 0 Å². The van der Waals surface area contributed by atoms with Gasteiger partial charge in [-0.2, -0.15) is 0 Å². The molecule has 3 atom stereocenters. The van der Waals surface area contributed by atoms with Gasteiger partial charge in [-0.25, -0.2) is 0 Å². The second-order valence-electron chi connectivity index (χ2n) is 5.11. The maximum atomic E-state index is 10.1. The lowest BCUT2D eigenvalue weighted by atomic mass is 9.73. The first kappa shape index (κ1) is 9.51. The Bertz CT molecular complexity index is 159. The van der Waals surface area contributed by atoms with E-state index in [9.17, 15) is 5.11 Å². The molecule has 0 amide bonds. The second-order valence-corrected chi connectivity index (χ2v) is 5.11. The third kappa shape index (κ3) is 1.90. The third-order valence-electron chi connectivity index (χ3n) is 4.22. The van der Waals surface area contributed by atoms with Gasteiger partial charge in [-0.3, -0.25) is 0 Å². The van der Waals surface area contributed by atoms with E-state index in [1.54, 1.807) is 0 Å². The fraction of sp³-hybridized carbons (Fsp3) is 1.00. The van der Waals surface area contributed by atoms with Gasteiger partial charge in [0.2, 0.25) is 0 Å². The molecule has 2 rings (SSSR count). The van der Waals surface area contributed by atoms with Gasteiger partial charge in [0.05, 0.1) is 6.10 Å². The van der Waals surface area contributed by atoms with Crippen molar-refractivity contribution in [3.63, 3.8) is 0 Å². The molecular weight excluding hydrogens is 160 g/mol. The normalized spacial score (nSPS) is 42.5. The average molecular weight is 182 g/mol. The topological polar surface area (TPSA) is 20.2 Å². The Kier molecular flexibility index (Phi) is 2.92. The molecule has 0 aliphatic heterocycles. The summed E-state index contributed by atoms with van der Waals surface area (Å²) < 4.78 is 0. The van der Waals surface area contributed by atoms with Crippen LogP contribution in [0, 0.1) is 17.8 Å². The van der Waals surface area contributed by atoms with E-state index in [0.29, 0.717) is 11.8 Å². The molecule has 2 saturated carbocycles. The minimum Gasteiger partial charge on any atom is -0.393 e. The quantitative estimate of drug-likeness (QED) is 0.661. The van der Waals surface area contributed by atoms with Gasteiger partial charge in [0.25, 0.3) is 0 Å². The highest BCUT2D eigenvalue weighted by molar-refractivity contribution is 4.86. The number of aliphatic hydroxyl groups excluding tert-OH is 1. The summed E-state index contributed by atoms with van der Waals surface area (Å²) in [7, 11) is 0. The second kappa shape index (κ2) is 4.00. The molecule has 0 aromatic carbocycles. The predicted octanol–water partition coefficient (Wildman–Crippen LogP) is 2.97. The van der Waals surface area contributed by atoms with Crippen LogP contribution in [-0.4, -0.2) is 11.2 Å². The zero-order valence-corrected chi connectivity index (χ0v) is 8.71. The van der Waals surface area contributed by atoms with Crippen molar-refractivity contribution in [3.8, 4) is 0 Å². The summed E-state index contributed by atoms with van der Waals surface area (Å²) in [5.41, 5.74) is 0. The van der Waals surface area contributed by atoms with Crippen molar-refractivity contribution in [3.05, 3.63) is 0 Å². The smallest absolute Gasteiger partial charge is 0.0596 e. The van der Waals surface area contributed by atoms with Crippen molar-refractivity contribution in [2.45, 2.75) is 58.0 Å². The Morgan fingerprint density at radius 2 is 1.62 bits per heavy atom. The minimum absolute atomic E-state index is 0.0110. The number of hydrogen-bond acceptors (Lipinski definition) is 1. The zero-order valence-electron chi connectivity index (χ0n) is 8.71. The minimum atomic E-state index is 0.0110. The summed E-state index contributed by atoms with van der Waals surface area (Å²) in [5.74, 6) is 2.06. The van der Waals surface area contributed by atoms with Crippen molar-refractivity contribution in [1.82, 2.24) is 0 Å². The largest absolute Gasteiger partial charge is 0.393 e. The molecule has 0 unspecified atom stereocenters. The van der Waals surface area contributed by atoms with Crippen LogP contribution in [-0.2, 0) is 0 Å². The molecule has 0 aromatic heterocycles. The van der Waals surface area contributed by atoms with Crippen molar-refractivity contribution >= 4 is 0 Å². The molecule has 13 heavy (non-hydrogen) atoms. The lowest BCUT2D eigenvalue weighted by Gasteiger charge is -2.36. The molecule has 0 heterocycles. The number of aliphatic hydroxyl groups is 1. The third-order valence-corrected chi connectivity index (χ3v) is 4.22. The van der Waals surface area contributed by atoms with Crippen molar-refractivity contribution < 1.29 is 5.11 Å². The molecule has 0 aromatic rings. The van der Waals surface area contributed by atoms with Crippen LogP contribution < -0.4 is 0 Å².